The number of carboxylic acid groups (broad SMARTS) is 1. The number of nitrogens with one attached hydrogen (secondary N) is 1. The normalized spacial score (nSPS) is 9.61. The fraction of sp³-hybridized carbons (Fsp3) is 0.400. The van der Waals surface area contributed by atoms with Gasteiger partial charge in [0.25, 0.3) is 0 Å². The van der Waals surface area contributed by atoms with Crippen molar-refractivity contribution in [3.05, 3.63) is 16.3 Å². The van der Waals surface area contributed by atoms with Gasteiger partial charge in [-0.3, -0.25) is 4.79 Å². The Morgan fingerprint density at radius 3 is 2.78 bits per heavy atom. The van der Waals surface area contributed by atoms with Crippen LogP contribution in [0.4, 0.5) is 5.69 Å². The van der Waals surface area contributed by atoms with Gasteiger partial charge in [-0.2, -0.15) is 11.8 Å². The van der Waals surface area contributed by atoms with Crippen molar-refractivity contribution in [2.75, 3.05) is 23.4 Å². The van der Waals surface area contributed by atoms with E-state index in [0.717, 1.165) is 17.1 Å². The smallest absolute Gasteiger partial charge is 0.348 e. The molecule has 0 saturated carbocycles. The predicted octanol–water partition coefficient (Wildman–Crippen LogP) is 1.89. The predicted molar refractivity (Wildman–Crippen MR) is 78.2 cm³/mol. The minimum absolute atomic E-state index is 0. The van der Waals surface area contributed by atoms with Crippen LogP contribution in [0.2, 0.25) is 0 Å². The van der Waals surface area contributed by atoms with Gasteiger partial charge in [-0.05, 0) is 11.4 Å². The standard InChI is InChI=1S/C10H14N2O3S2.ClH/c11-3-6-16-4-2-8(13)12-7-1-5-17-9(7)10(14)15;/h1,5H,2-4,6,11H2,(H,12,13)(H,14,15);1H. The zero-order chi connectivity index (χ0) is 12.7. The molecule has 1 aromatic rings. The van der Waals surface area contributed by atoms with Crippen molar-refractivity contribution in [3.8, 4) is 0 Å². The Hall–Kier alpha value is -0.760. The molecule has 0 saturated heterocycles. The molecule has 0 aromatic carbocycles. The van der Waals surface area contributed by atoms with Crippen LogP contribution in [0.25, 0.3) is 0 Å². The van der Waals surface area contributed by atoms with Crippen LogP contribution in [-0.4, -0.2) is 35.0 Å². The summed E-state index contributed by atoms with van der Waals surface area (Å²) in [4.78, 5) is 22.5. The Kier molecular flexibility index (Phi) is 8.82. The van der Waals surface area contributed by atoms with Gasteiger partial charge in [-0.25, -0.2) is 4.79 Å². The average Bonchev–Trinajstić information content (AvgIpc) is 2.72. The first-order chi connectivity index (χ1) is 8.15. The highest BCUT2D eigenvalue weighted by Crippen LogP contribution is 2.22. The number of thiophene rings is 1. The Bertz CT molecular complexity index is 398. The van der Waals surface area contributed by atoms with Gasteiger partial charge in [-0.15, -0.1) is 23.7 Å². The molecule has 0 radical (unpaired) electrons. The number of hydrogen-bond donors (Lipinski definition) is 3. The van der Waals surface area contributed by atoms with Crippen molar-refractivity contribution in [2.24, 2.45) is 5.73 Å². The third kappa shape index (κ3) is 5.72. The van der Waals surface area contributed by atoms with Crippen LogP contribution in [-0.2, 0) is 4.79 Å². The van der Waals surface area contributed by atoms with Crippen molar-refractivity contribution in [1.29, 1.82) is 0 Å². The number of aromatic carboxylic acids is 1. The van der Waals surface area contributed by atoms with E-state index < -0.39 is 5.97 Å². The van der Waals surface area contributed by atoms with E-state index in [2.05, 4.69) is 5.32 Å². The van der Waals surface area contributed by atoms with Crippen LogP contribution in [0.1, 0.15) is 16.1 Å². The number of hydrogen-bond acceptors (Lipinski definition) is 5. The van der Waals surface area contributed by atoms with Gasteiger partial charge in [-0.1, -0.05) is 0 Å². The Morgan fingerprint density at radius 2 is 2.17 bits per heavy atom. The molecule has 5 nitrogen and oxygen atoms in total. The molecule has 0 spiro atoms. The van der Waals surface area contributed by atoms with Gasteiger partial charge >= 0.3 is 5.97 Å². The minimum atomic E-state index is -1.02. The summed E-state index contributed by atoms with van der Waals surface area (Å²) in [5.41, 5.74) is 5.69. The van der Waals surface area contributed by atoms with Crippen molar-refractivity contribution < 1.29 is 14.7 Å². The van der Waals surface area contributed by atoms with E-state index in [1.165, 1.54) is 0 Å². The number of carbonyl (C=O) groups excluding carboxylic acids is 1. The highest BCUT2D eigenvalue weighted by atomic mass is 35.5. The van der Waals surface area contributed by atoms with Gasteiger partial charge in [0.05, 0.1) is 5.69 Å². The fourth-order valence-corrected chi connectivity index (χ4v) is 2.52. The summed E-state index contributed by atoms with van der Waals surface area (Å²) in [5.74, 6) is 0.324. The third-order valence-corrected chi connectivity index (χ3v) is 3.79. The summed E-state index contributed by atoms with van der Waals surface area (Å²) in [6.45, 7) is 0.597. The van der Waals surface area contributed by atoms with E-state index in [-0.39, 0.29) is 23.2 Å². The molecule has 1 amide bonds. The molecular weight excluding hydrogens is 296 g/mol. The maximum atomic E-state index is 11.5. The Morgan fingerprint density at radius 1 is 1.44 bits per heavy atom. The van der Waals surface area contributed by atoms with Crippen LogP contribution < -0.4 is 11.1 Å². The molecule has 0 fully saturated rings. The highest BCUT2D eigenvalue weighted by Gasteiger charge is 2.13. The lowest BCUT2D eigenvalue weighted by atomic mass is 10.3. The number of carboxylic acids is 1. The number of rotatable bonds is 7. The quantitative estimate of drug-likeness (QED) is 0.669. The summed E-state index contributed by atoms with van der Waals surface area (Å²) >= 11 is 2.70. The van der Waals surface area contributed by atoms with Crippen LogP contribution in [0, 0.1) is 0 Å². The van der Waals surface area contributed by atoms with E-state index in [1.807, 2.05) is 0 Å². The zero-order valence-corrected chi connectivity index (χ0v) is 12.0. The van der Waals surface area contributed by atoms with Gasteiger partial charge in [0.1, 0.15) is 4.88 Å². The van der Waals surface area contributed by atoms with Crippen molar-refractivity contribution >= 4 is 53.1 Å². The molecule has 0 atom stereocenters. The lowest BCUT2D eigenvalue weighted by Crippen LogP contribution is -2.14. The van der Waals surface area contributed by atoms with Gasteiger partial charge in [0.2, 0.25) is 5.91 Å². The van der Waals surface area contributed by atoms with Crippen molar-refractivity contribution in [1.82, 2.24) is 0 Å². The fourth-order valence-electron chi connectivity index (χ4n) is 1.14. The largest absolute Gasteiger partial charge is 0.477 e. The van der Waals surface area contributed by atoms with Crippen LogP contribution in [0.15, 0.2) is 11.4 Å². The number of anilines is 1. The second-order valence-electron chi connectivity index (χ2n) is 3.17. The molecular formula is C10H15ClN2O3S2. The maximum absolute atomic E-state index is 11.5. The molecule has 0 aliphatic carbocycles. The lowest BCUT2D eigenvalue weighted by molar-refractivity contribution is -0.115. The second kappa shape index (κ2) is 9.21. The molecule has 1 heterocycles. The number of amides is 1. The third-order valence-electron chi connectivity index (χ3n) is 1.87. The van der Waals surface area contributed by atoms with Gasteiger partial charge in [0, 0.05) is 24.5 Å². The maximum Gasteiger partial charge on any atom is 0.348 e. The summed E-state index contributed by atoms with van der Waals surface area (Å²) in [5, 5.41) is 13.1. The van der Waals surface area contributed by atoms with Crippen molar-refractivity contribution in [2.45, 2.75) is 6.42 Å². The molecule has 0 bridgehead atoms. The van der Waals surface area contributed by atoms with Crippen molar-refractivity contribution in [3.63, 3.8) is 0 Å². The molecule has 1 rings (SSSR count). The number of halogens is 1. The molecule has 0 aliphatic rings. The average molecular weight is 311 g/mol. The van der Waals surface area contributed by atoms with Crippen LogP contribution in [0.3, 0.4) is 0 Å². The second-order valence-corrected chi connectivity index (χ2v) is 5.31. The Balaban J connectivity index is 0.00000289. The van der Waals surface area contributed by atoms with E-state index in [0.29, 0.717) is 24.4 Å². The van der Waals surface area contributed by atoms with E-state index in [4.69, 9.17) is 10.8 Å². The SMILES string of the molecule is Cl.NCCSCCC(=O)Nc1ccsc1C(=O)O. The summed E-state index contributed by atoms with van der Waals surface area (Å²) < 4.78 is 0. The molecule has 18 heavy (non-hydrogen) atoms. The minimum Gasteiger partial charge on any atom is -0.477 e. The topological polar surface area (TPSA) is 92.4 Å². The highest BCUT2D eigenvalue weighted by molar-refractivity contribution is 7.99. The first-order valence-electron chi connectivity index (χ1n) is 5.03. The zero-order valence-electron chi connectivity index (χ0n) is 9.55. The molecule has 0 unspecified atom stereocenters. The Labute approximate surface area is 120 Å². The molecule has 0 aliphatic heterocycles. The summed E-state index contributed by atoms with van der Waals surface area (Å²) in [6.07, 6.45) is 0.361. The van der Waals surface area contributed by atoms with Crippen LogP contribution >= 0.6 is 35.5 Å². The molecule has 4 N–H and O–H groups in total. The summed E-state index contributed by atoms with van der Waals surface area (Å²) in [6, 6.07) is 1.60. The summed E-state index contributed by atoms with van der Waals surface area (Å²) in [7, 11) is 0. The number of carbonyl (C=O) groups is 2. The van der Waals surface area contributed by atoms with Gasteiger partial charge < -0.3 is 16.2 Å². The number of nitrogens with two attached hydrogens (primary N) is 1. The van der Waals surface area contributed by atoms with E-state index >= 15 is 0 Å². The van der Waals surface area contributed by atoms with E-state index in [1.54, 1.807) is 23.2 Å². The first kappa shape index (κ1) is 17.2. The monoisotopic (exact) mass is 310 g/mol. The van der Waals surface area contributed by atoms with E-state index in [9.17, 15) is 9.59 Å². The first-order valence-corrected chi connectivity index (χ1v) is 7.07. The number of thioether (sulfide) groups is 1. The van der Waals surface area contributed by atoms with Crippen LogP contribution in [0.5, 0.6) is 0 Å². The molecule has 1 aromatic heterocycles. The van der Waals surface area contributed by atoms with Gasteiger partial charge in [0.15, 0.2) is 0 Å². The molecule has 8 heteroatoms. The lowest BCUT2D eigenvalue weighted by Gasteiger charge is -2.04. The molecule has 102 valence electrons.